The number of hydrogen-bond acceptors (Lipinski definition) is 8. The Hall–Kier alpha value is -1.97. The van der Waals surface area contributed by atoms with E-state index in [-0.39, 0.29) is 17.4 Å². The number of thiazole rings is 1. The molecule has 0 radical (unpaired) electrons. The normalized spacial score (nSPS) is 24.7. The fourth-order valence-electron chi connectivity index (χ4n) is 2.50. The van der Waals surface area contributed by atoms with E-state index in [1.165, 1.54) is 10.8 Å². The van der Waals surface area contributed by atoms with Crippen molar-refractivity contribution in [3.8, 4) is 0 Å². The molecule has 1 fully saturated rings. The van der Waals surface area contributed by atoms with Crippen LogP contribution in [-0.2, 0) is 9.47 Å². The average molecular weight is 324 g/mol. The second kappa shape index (κ2) is 5.67. The molecule has 0 spiro atoms. The summed E-state index contributed by atoms with van der Waals surface area (Å²) in [6.45, 7) is 5.28. The van der Waals surface area contributed by atoms with Crippen LogP contribution in [0.25, 0.3) is 10.3 Å². The third-order valence-electron chi connectivity index (χ3n) is 3.33. The van der Waals surface area contributed by atoms with E-state index in [1.54, 1.807) is 6.92 Å². The fourth-order valence-corrected chi connectivity index (χ4v) is 3.32. The highest BCUT2D eigenvalue weighted by Crippen LogP contribution is 2.33. The van der Waals surface area contributed by atoms with Crippen LogP contribution < -0.4 is 10.6 Å². The Kier molecular flexibility index (Phi) is 3.85. The molecular weight excluding hydrogens is 308 g/mol. The van der Waals surface area contributed by atoms with Crippen LogP contribution in [0.2, 0.25) is 0 Å². The summed E-state index contributed by atoms with van der Waals surface area (Å²) in [5.41, 5.74) is 6.01. The Morgan fingerprint density at radius 2 is 2.50 bits per heavy atom. The number of anilines is 1. The van der Waals surface area contributed by atoms with Gasteiger partial charge in [-0.25, -0.2) is 4.98 Å². The smallest absolute Gasteiger partial charge is 0.311 e. The largest absolute Gasteiger partial charge is 0.491 e. The summed E-state index contributed by atoms with van der Waals surface area (Å²) >= 11 is 1.01. The van der Waals surface area contributed by atoms with Gasteiger partial charge in [-0.2, -0.15) is 4.98 Å². The highest BCUT2D eigenvalue weighted by Gasteiger charge is 2.39. The molecule has 118 valence electrons. The predicted molar refractivity (Wildman–Crippen MR) is 81.4 cm³/mol. The number of allylic oxidation sites excluding steroid dienone is 1. The van der Waals surface area contributed by atoms with E-state index in [0.717, 1.165) is 11.3 Å². The van der Waals surface area contributed by atoms with Gasteiger partial charge < -0.3 is 20.3 Å². The van der Waals surface area contributed by atoms with E-state index in [2.05, 4.69) is 16.5 Å². The third-order valence-corrected chi connectivity index (χ3v) is 4.21. The second-order valence-electron chi connectivity index (χ2n) is 5.08. The van der Waals surface area contributed by atoms with E-state index in [1.807, 2.05) is 0 Å². The number of hydrogen-bond donors (Lipinski definition) is 2. The molecule has 0 aliphatic carbocycles. The Bertz CT molecular complexity index is 771. The second-order valence-corrected chi connectivity index (χ2v) is 6.07. The van der Waals surface area contributed by atoms with Crippen LogP contribution in [-0.4, -0.2) is 38.5 Å². The first-order valence-corrected chi connectivity index (χ1v) is 7.53. The molecule has 0 amide bonds. The number of nitrogen functional groups attached to an aromatic ring is 1. The maximum atomic E-state index is 12.3. The standard InChI is InChI=1S/C13H16N4O4S/c1-6(2)20-8-3-7(5-18)21-11(8)17-10-9(22-13(17)19)4-15-12(14)16-10/h4,7-8,11,18H,1,3,5H2,2H3,(H2,14,15,16)/t7-,8+,11+/m0/s1. The zero-order chi connectivity index (χ0) is 15.9. The molecule has 22 heavy (non-hydrogen) atoms. The molecule has 9 heteroatoms. The lowest BCUT2D eigenvalue weighted by atomic mass is 10.2. The summed E-state index contributed by atoms with van der Waals surface area (Å²) in [6.07, 6.45) is 0.437. The number of aromatic nitrogens is 3. The first kappa shape index (κ1) is 14.9. The molecule has 0 bridgehead atoms. The van der Waals surface area contributed by atoms with Crippen LogP contribution in [0.5, 0.6) is 0 Å². The Morgan fingerprint density at radius 3 is 3.18 bits per heavy atom. The quantitative estimate of drug-likeness (QED) is 0.793. The Labute approximate surface area is 129 Å². The highest BCUT2D eigenvalue weighted by atomic mass is 32.1. The molecule has 3 N–H and O–H groups in total. The van der Waals surface area contributed by atoms with Gasteiger partial charge >= 0.3 is 4.87 Å². The van der Waals surface area contributed by atoms with Crippen molar-refractivity contribution < 1.29 is 14.6 Å². The average Bonchev–Trinajstić information content (AvgIpc) is 2.98. The SMILES string of the molecule is C=C(C)O[C@@H]1C[C@@H](CO)O[C@H]1n1c(=O)sc2cnc(N)nc21. The molecule has 1 aliphatic heterocycles. The topological polar surface area (TPSA) is 112 Å². The summed E-state index contributed by atoms with van der Waals surface area (Å²) in [7, 11) is 0. The van der Waals surface area contributed by atoms with E-state index >= 15 is 0 Å². The van der Waals surface area contributed by atoms with Gasteiger partial charge in [0.05, 0.1) is 29.4 Å². The summed E-state index contributed by atoms with van der Waals surface area (Å²) in [4.78, 5) is 20.1. The number of nitrogens with two attached hydrogens (primary N) is 1. The molecule has 8 nitrogen and oxygen atoms in total. The van der Waals surface area contributed by atoms with Crippen molar-refractivity contribution in [2.45, 2.75) is 31.8 Å². The van der Waals surface area contributed by atoms with Crippen LogP contribution in [0.1, 0.15) is 19.6 Å². The van der Waals surface area contributed by atoms with Crippen LogP contribution in [0.4, 0.5) is 5.95 Å². The van der Waals surface area contributed by atoms with Gasteiger partial charge in [0.2, 0.25) is 5.95 Å². The maximum Gasteiger partial charge on any atom is 0.311 e. The van der Waals surface area contributed by atoms with E-state index in [9.17, 15) is 9.90 Å². The molecule has 2 aromatic rings. The Balaban J connectivity index is 2.08. The highest BCUT2D eigenvalue weighted by molar-refractivity contribution is 7.16. The van der Waals surface area contributed by atoms with Gasteiger partial charge in [0.15, 0.2) is 11.9 Å². The van der Waals surface area contributed by atoms with E-state index in [4.69, 9.17) is 15.2 Å². The van der Waals surface area contributed by atoms with Gasteiger partial charge in [0.1, 0.15) is 6.10 Å². The van der Waals surface area contributed by atoms with Crippen molar-refractivity contribution in [1.29, 1.82) is 0 Å². The van der Waals surface area contributed by atoms with Gasteiger partial charge in [-0.1, -0.05) is 17.9 Å². The molecular formula is C13H16N4O4S. The van der Waals surface area contributed by atoms with E-state index < -0.39 is 18.4 Å². The molecule has 1 saturated heterocycles. The molecule has 3 atom stereocenters. The first-order valence-electron chi connectivity index (χ1n) is 6.71. The van der Waals surface area contributed by atoms with Gasteiger partial charge in [-0.05, 0) is 6.92 Å². The van der Waals surface area contributed by atoms with Gasteiger partial charge in [-0.15, -0.1) is 0 Å². The van der Waals surface area contributed by atoms with Crippen LogP contribution >= 0.6 is 11.3 Å². The lowest BCUT2D eigenvalue weighted by molar-refractivity contribution is -0.0559. The molecule has 3 rings (SSSR count). The molecule has 1 aliphatic rings. The summed E-state index contributed by atoms with van der Waals surface area (Å²) < 4.78 is 13.4. The van der Waals surface area contributed by atoms with Gasteiger partial charge in [-0.3, -0.25) is 9.36 Å². The first-order chi connectivity index (χ1) is 10.5. The Morgan fingerprint density at radius 1 is 1.73 bits per heavy atom. The fraction of sp³-hybridized carbons (Fsp3) is 0.462. The van der Waals surface area contributed by atoms with Crippen molar-refractivity contribution in [2.24, 2.45) is 0 Å². The predicted octanol–water partition coefficient (Wildman–Crippen LogP) is 0.634. The molecule has 3 heterocycles. The monoisotopic (exact) mass is 324 g/mol. The summed E-state index contributed by atoms with van der Waals surface area (Å²) in [5.74, 6) is 0.590. The van der Waals surface area contributed by atoms with Crippen LogP contribution in [0, 0.1) is 0 Å². The number of ether oxygens (including phenoxy) is 2. The van der Waals surface area contributed by atoms with Crippen molar-refractivity contribution >= 4 is 27.6 Å². The minimum atomic E-state index is -0.690. The number of fused-ring (bicyclic) bond motifs is 1. The zero-order valence-electron chi connectivity index (χ0n) is 11.9. The number of aliphatic hydroxyl groups excluding tert-OH is 1. The number of aliphatic hydroxyl groups is 1. The van der Waals surface area contributed by atoms with Crippen LogP contribution in [0.15, 0.2) is 23.3 Å². The minimum absolute atomic E-state index is 0.0770. The molecule has 0 aromatic carbocycles. The molecule has 2 aromatic heterocycles. The van der Waals surface area contributed by atoms with Gasteiger partial charge in [0.25, 0.3) is 0 Å². The van der Waals surface area contributed by atoms with Crippen molar-refractivity contribution in [3.63, 3.8) is 0 Å². The lowest BCUT2D eigenvalue weighted by Gasteiger charge is -2.20. The molecule has 0 unspecified atom stereocenters. The number of nitrogens with zero attached hydrogens (tertiary/aromatic N) is 3. The summed E-state index contributed by atoms with van der Waals surface area (Å²) in [5, 5.41) is 9.33. The van der Waals surface area contributed by atoms with Gasteiger partial charge in [0, 0.05) is 6.42 Å². The lowest BCUT2D eigenvalue weighted by Crippen LogP contribution is -2.28. The summed E-state index contributed by atoms with van der Waals surface area (Å²) in [6, 6.07) is 0. The number of rotatable bonds is 4. The van der Waals surface area contributed by atoms with Crippen molar-refractivity contribution in [1.82, 2.24) is 14.5 Å². The minimum Gasteiger partial charge on any atom is -0.491 e. The van der Waals surface area contributed by atoms with Crippen molar-refractivity contribution in [3.05, 3.63) is 28.2 Å². The zero-order valence-corrected chi connectivity index (χ0v) is 12.7. The maximum absolute atomic E-state index is 12.3. The van der Waals surface area contributed by atoms with Crippen LogP contribution in [0.3, 0.4) is 0 Å². The van der Waals surface area contributed by atoms with E-state index in [0.29, 0.717) is 22.5 Å². The van der Waals surface area contributed by atoms with Crippen molar-refractivity contribution in [2.75, 3.05) is 12.3 Å². The third kappa shape index (κ3) is 2.58. The molecule has 0 saturated carbocycles.